The summed E-state index contributed by atoms with van der Waals surface area (Å²) in [6, 6.07) is 0. The molecule has 0 bridgehead atoms. The third-order valence-electron chi connectivity index (χ3n) is 4.55. The molecule has 0 spiro atoms. The third-order valence-corrected chi connectivity index (χ3v) is 4.55. The van der Waals surface area contributed by atoms with Gasteiger partial charge in [-0.3, -0.25) is 0 Å². The number of allylic oxidation sites excluding steroid dienone is 3. The first-order valence-electron chi connectivity index (χ1n) is 6.34. The van der Waals surface area contributed by atoms with E-state index in [1.54, 1.807) is 5.57 Å². The Morgan fingerprint density at radius 2 is 2.07 bits per heavy atom. The monoisotopic (exact) mass is 204 g/mol. The van der Waals surface area contributed by atoms with Crippen LogP contribution >= 0.6 is 0 Å². The normalized spacial score (nSPS) is 38.9. The van der Waals surface area contributed by atoms with Gasteiger partial charge in [0.05, 0.1) is 0 Å². The van der Waals surface area contributed by atoms with Gasteiger partial charge in [-0.1, -0.05) is 37.6 Å². The largest absolute Gasteiger partial charge is 0.0996 e. The Balaban J connectivity index is 2.15. The van der Waals surface area contributed by atoms with Crippen molar-refractivity contribution < 1.29 is 0 Å². The maximum absolute atomic E-state index is 4.31. The lowest BCUT2D eigenvalue weighted by atomic mass is 9.52. The van der Waals surface area contributed by atoms with E-state index in [4.69, 9.17) is 0 Å². The van der Waals surface area contributed by atoms with Crippen LogP contribution < -0.4 is 0 Å². The topological polar surface area (TPSA) is 0 Å². The highest BCUT2D eigenvalue weighted by molar-refractivity contribution is 5.16. The number of hydrogen-bond donors (Lipinski definition) is 0. The van der Waals surface area contributed by atoms with Crippen molar-refractivity contribution in [2.45, 2.75) is 52.9 Å². The van der Waals surface area contributed by atoms with Crippen LogP contribution in [0.4, 0.5) is 0 Å². The summed E-state index contributed by atoms with van der Waals surface area (Å²) in [5.74, 6) is 1.68. The average molecular weight is 204 g/mol. The molecule has 2 rings (SSSR count). The van der Waals surface area contributed by atoms with Crippen LogP contribution in [0, 0.1) is 17.3 Å². The molecule has 0 radical (unpaired) electrons. The standard InChI is InChI=1S/C15H24/c1-11-6-5-7-12(2)13-10-15(3,4)14(13)9-8-11/h8,13-14H,2,5-7,9-10H2,1,3-4H3/b11-8+/t13-,14-/m1/s1. The number of fused-ring (bicyclic) bond motifs is 1. The molecule has 1 fully saturated rings. The van der Waals surface area contributed by atoms with Gasteiger partial charge in [0.2, 0.25) is 0 Å². The van der Waals surface area contributed by atoms with Gasteiger partial charge in [0.15, 0.2) is 0 Å². The Morgan fingerprint density at radius 3 is 2.73 bits per heavy atom. The zero-order valence-electron chi connectivity index (χ0n) is 10.5. The Bertz CT molecular complexity index is 293. The molecular weight excluding hydrogens is 180 g/mol. The fourth-order valence-corrected chi connectivity index (χ4v) is 3.37. The van der Waals surface area contributed by atoms with Crippen molar-refractivity contribution in [3.63, 3.8) is 0 Å². The lowest BCUT2D eigenvalue weighted by Gasteiger charge is -2.52. The molecule has 0 N–H and O–H groups in total. The maximum Gasteiger partial charge on any atom is -0.0164 e. The summed E-state index contributed by atoms with van der Waals surface area (Å²) in [7, 11) is 0. The van der Waals surface area contributed by atoms with E-state index in [9.17, 15) is 0 Å². The molecular formula is C15H24. The molecule has 15 heavy (non-hydrogen) atoms. The van der Waals surface area contributed by atoms with Gasteiger partial charge >= 0.3 is 0 Å². The Morgan fingerprint density at radius 1 is 1.33 bits per heavy atom. The van der Waals surface area contributed by atoms with Crippen LogP contribution in [-0.2, 0) is 0 Å². The van der Waals surface area contributed by atoms with E-state index in [1.807, 2.05) is 0 Å². The minimum absolute atomic E-state index is 0.550. The second kappa shape index (κ2) is 3.81. The number of rotatable bonds is 0. The molecule has 1 saturated carbocycles. The van der Waals surface area contributed by atoms with Crippen molar-refractivity contribution in [3.05, 3.63) is 23.8 Å². The van der Waals surface area contributed by atoms with Crippen LogP contribution in [0.15, 0.2) is 23.8 Å². The first-order chi connectivity index (χ1) is 7.00. The highest BCUT2D eigenvalue weighted by Crippen LogP contribution is 2.56. The van der Waals surface area contributed by atoms with E-state index in [0.717, 1.165) is 11.8 Å². The molecule has 0 amide bonds. The Labute approximate surface area is 94.5 Å². The smallest absolute Gasteiger partial charge is 0.0164 e. The Hall–Kier alpha value is -0.520. The lowest BCUT2D eigenvalue weighted by molar-refractivity contribution is 0.0121. The van der Waals surface area contributed by atoms with Crippen LogP contribution in [0.3, 0.4) is 0 Å². The zero-order valence-corrected chi connectivity index (χ0v) is 10.5. The second-order valence-electron chi connectivity index (χ2n) is 6.20. The molecule has 2 aliphatic carbocycles. The molecule has 0 aliphatic heterocycles. The minimum atomic E-state index is 0.550. The van der Waals surface area contributed by atoms with Gasteiger partial charge in [-0.2, -0.15) is 0 Å². The van der Waals surface area contributed by atoms with Gasteiger partial charge in [0.1, 0.15) is 0 Å². The highest BCUT2D eigenvalue weighted by Gasteiger charge is 2.47. The van der Waals surface area contributed by atoms with E-state index in [-0.39, 0.29) is 0 Å². The second-order valence-corrected chi connectivity index (χ2v) is 6.20. The molecule has 0 aromatic rings. The van der Waals surface area contributed by atoms with Crippen LogP contribution in [0.5, 0.6) is 0 Å². The predicted octanol–water partition coefficient (Wildman–Crippen LogP) is 4.73. The molecule has 0 heteroatoms. The molecule has 0 aromatic heterocycles. The van der Waals surface area contributed by atoms with E-state index >= 15 is 0 Å². The van der Waals surface area contributed by atoms with Gasteiger partial charge in [0.25, 0.3) is 0 Å². The fourth-order valence-electron chi connectivity index (χ4n) is 3.37. The van der Waals surface area contributed by atoms with Crippen molar-refractivity contribution >= 4 is 0 Å². The van der Waals surface area contributed by atoms with Crippen molar-refractivity contribution in [3.8, 4) is 0 Å². The number of hydrogen-bond acceptors (Lipinski definition) is 0. The van der Waals surface area contributed by atoms with Crippen molar-refractivity contribution in [2.24, 2.45) is 17.3 Å². The minimum Gasteiger partial charge on any atom is -0.0996 e. The summed E-state index contributed by atoms with van der Waals surface area (Å²) in [5.41, 5.74) is 3.67. The van der Waals surface area contributed by atoms with Crippen molar-refractivity contribution in [1.29, 1.82) is 0 Å². The summed E-state index contributed by atoms with van der Waals surface area (Å²) in [6.45, 7) is 11.4. The summed E-state index contributed by atoms with van der Waals surface area (Å²) >= 11 is 0. The SMILES string of the molecule is C=C1CCC/C(C)=C/C[C@@H]2[C@@H]1CC2(C)C. The first kappa shape index (κ1) is 11.0. The van der Waals surface area contributed by atoms with Crippen molar-refractivity contribution in [1.82, 2.24) is 0 Å². The summed E-state index contributed by atoms with van der Waals surface area (Å²) in [5, 5.41) is 0. The van der Waals surface area contributed by atoms with Crippen LogP contribution in [0.25, 0.3) is 0 Å². The predicted molar refractivity (Wildman–Crippen MR) is 66.7 cm³/mol. The average Bonchev–Trinajstić information content (AvgIpc) is 2.18. The van der Waals surface area contributed by atoms with E-state index < -0.39 is 0 Å². The molecule has 0 unspecified atom stereocenters. The molecule has 0 nitrogen and oxygen atoms in total. The van der Waals surface area contributed by atoms with E-state index in [0.29, 0.717) is 5.41 Å². The summed E-state index contributed by atoms with van der Waals surface area (Å²) in [4.78, 5) is 0. The summed E-state index contributed by atoms with van der Waals surface area (Å²) < 4.78 is 0. The zero-order chi connectivity index (χ0) is 11.1. The van der Waals surface area contributed by atoms with Gasteiger partial charge in [0, 0.05) is 0 Å². The first-order valence-corrected chi connectivity index (χ1v) is 6.34. The molecule has 0 aromatic carbocycles. The highest BCUT2D eigenvalue weighted by atomic mass is 14.5. The molecule has 0 heterocycles. The van der Waals surface area contributed by atoms with Gasteiger partial charge in [-0.25, -0.2) is 0 Å². The summed E-state index contributed by atoms with van der Waals surface area (Å²) in [6.07, 6.45) is 8.97. The maximum atomic E-state index is 4.31. The van der Waals surface area contributed by atoms with Crippen LogP contribution in [0.1, 0.15) is 52.9 Å². The van der Waals surface area contributed by atoms with Crippen LogP contribution in [0.2, 0.25) is 0 Å². The Kier molecular flexibility index (Phi) is 2.79. The quantitative estimate of drug-likeness (QED) is 0.501. The van der Waals surface area contributed by atoms with Gasteiger partial charge in [-0.05, 0) is 56.3 Å². The lowest BCUT2D eigenvalue weighted by Crippen LogP contribution is -2.44. The van der Waals surface area contributed by atoms with Gasteiger partial charge in [-0.15, -0.1) is 0 Å². The fraction of sp³-hybridized carbons (Fsp3) is 0.733. The van der Waals surface area contributed by atoms with E-state index in [2.05, 4.69) is 33.4 Å². The molecule has 2 aliphatic rings. The van der Waals surface area contributed by atoms with E-state index in [1.165, 1.54) is 37.7 Å². The third kappa shape index (κ3) is 2.04. The molecule has 84 valence electrons. The van der Waals surface area contributed by atoms with Gasteiger partial charge < -0.3 is 0 Å². The van der Waals surface area contributed by atoms with Crippen LogP contribution in [-0.4, -0.2) is 0 Å². The molecule has 2 atom stereocenters. The van der Waals surface area contributed by atoms with Crippen molar-refractivity contribution in [2.75, 3.05) is 0 Å². The molecule has 0 saturated heterocycles.